The Morgan fingerprint density at radius 3 is 2.46 bits per heavy atom. The fourth-order valence-electron chi connectivity index (χ4n) is 2.92. The monoisotopic (exact) mass is 541 g/mol. The van der Waals surface area contributed by atoms with Crippen LogP contribution in [0.5, 0.6) is 0 Å². The molecule has 0 aromatic carbocycles. The largest absolute Gasteiger partial charge is 0.490 e. The lowest BCUT2D eigenvalue weighted by atomic mass is 10.1. The molecule has 200 valence electrons. The number of carboxylic acids is 1. The molecule has 0 saturated carbocycles. The Bertz CT molecular complexity index is 1280. The summed E-state index contributed by atoms with van der Waals surface area (Å²) in [6, 6.07) is 5.58. The minimum Gasteiger partial charge on any atom is -0.475 e. The summed E-state index contributed by atoms with van der Waals surface area (Å²) >= 11 is 1.56. The smallest absolute Gasteiger partial charge is 0.475 e. The first-order chi connectivity index (χ1) is 17.1. The highest BCUT2D eigenvalue weighted by atomic mass is 32.1. The molecule has 0 aliphatic rings. The van der Waals surface area contributed by atoms with Crippen molar-refractivity contribution in [1.82, 2.24) is 15.3 Å². The Morgan fingerprint density at radius 1 is 1.30 bits per heavy atom. The topological polar surface area (TPSA) is 150 Å². The number of carbonyl (C=O) groups excluding carboxylic acids is 1. The number of aliphatic carboxylic acids is 1. The summed E-state index contributed by atoms with van der Waals surface area (Å²) in [5, 5.41) is 22.6. The van der Waals surface area contributed by atoms with E-state index < -0.39 is 23.8 Å². The van der Waals surface area contributed by atoms with Crippen LogP contribution in [0.2, 0.25) is 0 Å². The summed E-state index contributed by atoms with van der Waals surface area (Å²) in [4.78, 5) is 30.7. The zero-order valence-electron chi connectivity index (χ0n) is 20.7. The Kier molecular flexibility index (Phi) is 9.46. The molecule has 1 atom stereocenters. The van der Waals surface area contributed by atoms with E-state index in [2.05, 4.69) is 20.6 Å². The van der Waals surface area contributed by atoms with Crippen molar-refractivity contribution in [2.24, 2.45) is 0 Å². The molecule has 3 N–H and O–H groups in total. The summed E-state index contributed by atoms with van der Waals surface area (Å²) in [5.74, 6) is -1.28. The number of aromatic nitrogens is 2. The Labute approximate surface area is 214 Å². The molecule has 1 amide bonds. The number of fused-ring (bicyclic) bond motifs is 1. The number of nitrogens with one attached hydrogen (secondary N) is 2. The maximum atomic E-state index is 12.0. The predicted octanol–water partition coefficient (Wildman–Crippen LogP) is 5.17. The van der Waals surface area contributed by atoms with Crippen LogP contribution in [-0.4, -0.2) is 45.0 Å². The second kappa shape index (κ2) is 11.9. The highest BCUT2D eigenvalue weighted by Gasteiger charge is 2.38. The standard InChI is InChI=1S/C21H25N5O3S.C2HF3O2/c1-12(24-20(27)29-21(3,4)5)9-15-13(2)17-18(30-15)19(26-16(10-22)25-17)23-11-14-7-6-8-28-14;3-2(4,5)1(6)7/h6-8,12H,9,11H2,1-5H3,(H,24,27)(H,23,25,26);(H,6,7)/t12-;/m0./s1. The number of nitriles is 1. The number of rotatable bonds is 6. The quantitative estimate of drug-likeness (QED) is 0.384. The molecule has 3 aromatic rings. The molecule has 0 radical (unpaired) electrons. The van der Waals surface area contributed by atoms with E-state index in [0.29, 0.717) is 18.8 Å². The molecule has 3 aromatic heterocycles. The fraction of sp³-hybridized carbons (Fsp3) is 0.435. The van der Waals surface area contributed by atoms with Crippen molar-refractivity contribution in [2.75, 3.05) is 5.32 Å². The number of nitrogens with zero attached hydrogens (tertiary/aromatic N) is 3. The third kappa shape index (κ3) is 8.94. The van der Waals surface area contributed by atoms with Crippen LogP contribution in [0.15, 0.2) is 22.8 Å². The van der Waals surface area contributed by atoms with Gasteiger partial charge in [0.05, 0.1) is 23.0 Å². The summed E-state index contributed by atoms with van der Waals surface area (Å²) in [6.07, 6.45) is -3.30. The number of amides is 1. The van der Waals surface area contributed by atoms with Gasteiger partial charge in [0.25, 0.3) is 0 Å². The van der Waals surface area contributed by atoms with Crippen LogP contribution in [0.1, 0.15) is 49.7 Å². The van der Waals surface area contributed by atoms with Gasteiger partial charge >= 0.3 is 18.2 Å². The first-order valence-corrected chi connectivity index (χ1v) is 11.7. The molecule has 10 nitrogen and oxygen atoms in total. The first kappa shape index (κ1) is 29.4. The SMILES string of the molecule is Cc1c(C[C@H](C)NC(=O)OC(C)(C)C)sc2c(NCc3ccco3)nc(C#N)nc12.O=C(O)C(F)(F)F. The van der Waals surface area contributed by atoms with Crippen molar-refractivity contribution in [3.8, 4) is 6.07 Å². The van der Waals surface area contributed by atoms with Crippen LogP contribution < -0.4 is 10.6 Å². The lowest BCUT2D eigenvalue weighted by molar-refractivity contribution is -0.192. The number of alkyl halides is 3. The fourth-order valence-corrected chi connectivity index (χ4v) is 4.26. The molecule has 0 aliphatic heterocycles. The third-order valence-corrected chi connectivity index (χ3v) is 5.78. The average molecular weight is 542 g/mol. The number of aryl methyl sites for hydroxylation is 1. The van der Waals surface area contributed by atoms with Gasteiger partial charge in [0, 0.05) is 17.3 Å². The molecule has 14 heteroatoms. The van der Waals surface area contributed by atoms with Gasteiger partial charge in [0.1, 0.15) is 23.2 Å². The number of halogens is 3. The predicted molar refractivity (Wildman–Crippen MR) is 129 cm³/mol. The van der Waals surface area contributed by atoms with Crippen molar-refractivity contribution in [1.29, 1.82) is 5.26 Å². The van der Waals surface area contributed by atoms with Gasteiger partial charge in [-0.25, -0.2) is 19.6 Å². The van der Waals surface area contributed by atoms with Gasteiger partial charge in [-0.3, -0.25) is 0 Å². The van der Waals surface area contributed by atoms with Crippen molar-refractivity contribution in [3.63, 3.8) is 0 Å². The second-order valence-corrected chi connectivity index (χ2v) is 9.93. The van der Waals surface area contributed by atoms with Gasteiger partial charge in [0.15, 0.2) is 0 Å². The maximum Gasteiger partial charge on any atom is 0.490 e. The van der Waals surface area contributed by atoms with Crippen molar-refractivity contribution in [3.05, 3.63) is 40.4 Å². The summed E-state index contributed by atoms with van der Waals surface area (Å²) < 4.78 is 43.3. The average Bonchev–Trinajstić information content (AvgIpc) is 3.39. The highest BCUT2D eigenvalue weighted by molar-refractivity contribution is 7.19. The summed E-state index contributed by atoms with van der Waals surface area (Å²) in [7, 11) is 0. The molecule has 3 heterocycles. The molecular weight excluding hydrogens is 515 g/mol. The number of anilines is 1. The number of alkyl carbamates (subject to hydrolysis) is 1. The normalized spacial score (nSPS) is 12.2. The van der Waals surface area contributed by atoms with Crippen molar-refractivity contribution in [2.45, 2.75) is 65.4 Å². The number of hydrogen-bond acceptors (Lipinski definition) is 9. The van der Waals surface area contributed by atoms with E-state index in [4.69, 9.17) is 19.1 Å². The molecule has 0 saturated heterocycles. The highest BCUT2D eigenvalue weighted by Crippen LogP contribution is 2.35. The van der Waals surface area contributed by atoms with E-state index >= 15 is 0 Å². The molecule has 0 fully saturated rings. The van der Waals surface area contributed by atoms with Gasteiger partial charge in [-0.15, -0.1) is 11.3 Å². The lowest BCUT2D eigenvalue weighted by Crippen LogP contribution is -2.38. The molecule has 0 unspecified atom stereocenters. The number of carbonyl (C=O) groups is 2. The number of carboxylic acid groups (broad SMARTS) is 1. The van der Waals surface area contributed by atoms with E-state index in [-0.39, 0.29) is 11.9 Å². The van der Waals surface area contributed by atoms with E-state index in [1.54, 1.807) is 17.6 Å². The molecule has 0 aliphatic carbocycles. The summed E-state index contributed by atoms with van der Waals surface area (Å²) in [5.41, 5.74) is 1.18. The van der Waals surface area contributed by atoms with Crippen LogP contribution in [0, 0.1) is 18.3 Å². The second-order valence-electron chi connectivity index (χ2n) is 8.82. The van der Waals surface area contributed by atoms with Crippen molar-refractivity contribution < 1.29 is 37.0 Å². The molecule has 37 heavy (non-hydrogen) atoms. The van der Waals surface area contributed by atoms with E-state index in [0.717, 1.165) is 26.4 Å². The van der Waals surface area contributed by atoms with Gasteiger partial charge < -0.3 is 24.9 Å². The molecular formula is C23H26F3N5O5S. The first-order valence-electron chi connectivity index (χ1n) is 10.9. The van der Waals surface area contributed by atoms with Crippen LogP contribution >= 0.6 is 11.3 Å². The number of furan rings is 1. The Morgan fingerprint density at radius 2 is 1.95 bits per heavy atom. The molecule has 3 rings (SSSR count). The van der Waals surface area contributed by atoms with Crippen LogP contribution in [0.4, 0.5) is 23.8 Å². The van der Waals surface area contributed by atoms with Gasteiger partial charge in [-0.2, -0.15) is 18.4 Å². The minimum atomic E-state index is -5.08. The maximum absolute atomic E-state index is 12.0. The van der Waals surface area contributed by atoms with Crippen LogP contribution in [0.3, 0.4) is 0 Å². The Balaban J connectivity index is 0.000000604. The molecule has 0 bridgehead atoms. The van der Waals surface area contributed by atoms with E-state index in [1.807, 2.05) is 52.8 Å². The van der Waals surface area contributed by atoms with E-state index in [1.165, 1.54) is 0 Å². The number of hydrogen-bond donors (Lipinski definition) is 3. The number of ether oxygens (including phenoxy) is 1. The summed E-state index contributed by atoms with van der Waals surface area (Å²) in [6.45, 7) is 9.84. The van der Waals surface area contributed by atoms with Crippen molar-refractivity contribution >= 4 is 39.4 Å². The third-order valence-electron chi connectivity index (χ3n) is 4.47. The zero-order valence-corrected chi connectivity index (χ0v) is 21.5. The van der Waals surface area contributed by atoms with Crippen LogP contribution in [0.25, 0.3) is 10.2 Å². The molecule has 0 spiro atoms. The minimum absolute atomic E-state index is 0.108. The van der Waals surface area contributed by atoms with Crippen LogP contribution in [-0.2, 0) is 22.5 Å². The van der Waals surface area contributed by atoms with E-state index in [9.17, 15) is 23.2 Å². The van der Waals surface area contributed by atoms with Gasteiger partial charge in [-0.1, -0.05) is 0 Å². The van der Waals surface area contributed by atoms with Gasteiger partial charge in [-0.05, 0) is 52.3 Å². The lowest BCUT2D eigenvalue weighted by Gasteiger charge is -2.21. The zero-order chi connectivity index (χ0) is 28.0. The number of thiophene rings is 1. The van der Waals surface area contributed by atoms with Gasteiger partial charge in [0.2, 0.25) is 5.82 Å². The Hall–Kier alpha value is -3.86.